The molecule has 0 aliphatic heterocycles. The molecule has 0 atom stereocenters. The van der Waals surface area contributed by atoms with Gasteiger partial charge in [-0.15, -0.1) is 11.8 Å². The molecule has 0 amide bonds. The molecule has 0 fully saturated rings. The Kier molecular flexibility index (Phi) is 4.68. The van der Waals surface area contributed by atoms with Gasteiger partial charge in [-0.2, -0.15) is 0 Å². The number of halogens is 1. The molecule has 19 heavy (non-hydrogen) atoms. The molecule has 2 rings (SSSR count). The van der Waals surface area contributed by atoms with E-state index >= 15 is 0 Å². The van der Waals surface area contributed by atoms with Crippen molar-refractivity contribution in [2.45, 2.75) is 17.6 Å². The SMILES string of the molecule is CCOc1ccc(N)c(SCc2cccc(F)c2)c1. The zero-order valence-corrected chi connectivity index (χ0v) is 11.5. The lowest BCUT2D eigenvalue weighted by molar-refractivity contribution is 0.339. The summed E-state index contributed by atoms with van der Waals surface area (Å²) in [6.07, 6.45) is 0. The summed E-state index contributed by atoms with van der Waals surface area (Å²) in [5, 5.41) is 0. The van der Waals surface area contributed by atoms with Crippen molar-refractivity contribution >= 4 is 17.4 Å². The van der Waals surface area contributed by atoms with Crippen molar-refractivity contribution in [3.8, 4) is 5.75 Å². The highest BCUT2D eigenvalue weighted by molar-refractivity contribution is 7.98. The fourth-order valence-electron chi connectivity index (χ4n) is 1.68. The predicted molar refractivity (Wildman–Crippen MR) is 78.0 cm³/mol. The van der Waals surface area contributed by atoms with E-state index in [1.54, 1.807) is 17.8 Å². The molecule has 0 radical (unpaired) electrons. The van der Waals surface area contributed by atoms with Crippen LogP contribution in [0.5, 0.6) is 5.75 Å². The summed E-state index contributed by atoms with van der Waals surface area (Å²) in [5.74, 6) is 1.27. The number of nitrogen functional groups attached to an aromatic ring is 1. The van der Waals surface area contributed by atoms with Gasteiger partial charge in [0.1, 0.15) is 11.6 Å². The van der Waals surface area contributed by atoms with E-state index in [0.717, 1.165) is 16.2 Å². The summed E-state index contributed by atoms with van der Waals surface area (Å²) in [7, 11) is 0. The average Bonchev–Trinajstić information content (AvgIpc) is 2.40. The number of anilines is 1. The van der Waals surface area contributed by atoms with Crippen LogP contribution in [0.1, 0.15) is 12.5 Å². The van der Waals surface area contributed by atoms with Gasteiger partial charge < -0.3 is 10.5 Å². The van der Waals surface area contributed by atoms with E-state index in [4.69, 9.17) is 10.5 Å². The average molecular weight is 277 g/mol. The van der Waals surface area contributed by atoms with E-state index in [1.165, 1.54) is 12.1 Å². The van der Waals surface area contributed by atoms with Gasteiger partial charge in [0.25, 0.3) is 0 Å². The first-order chi connectivity index (χ1) is 9.19. The maximum absolute atomic E-state index is 13.1. The maximum Gasteiger partial charge on any atom is 0.123 e. The van der Waals surface area contributed by atoms with E-state index in [-0.39, 0.29) is 5.82 Å². The molecule has 4 heteroatoms. The maximum atomic E-state index is 13.1. The Morgan fingerprint density at radius 3 is 2.79 bits per heavy atom. The minimum absolute atomic E-state index is 0.214. The van der Waals surface area contributed by atoms with Crippen LogP contribution in [0.4, 0.5) is 10.1 Å². The second-order valence-electron chi connectivity index (χ2n) is 4.05. The quantitative estimate of drug-likeness (QED) is 0.660. The molecule has 100 valence electrons. The van der Waals surface area contributed by atoms with Crippen LogP contribution in [0.25, 0.3) is 0 Å². The van der Waals surface area contributed by atoms with Crippen molar-refractivity contribution in [2.75, 3.05) is 12.3 Å². The molecule has 2 aromatic carbocycles. The Hall–Kier alpha value is -1.68. The molecule has 0 aromatic heterocycles. The standard InChI is InChI=1S/C15H16FNOS/c1-2-18-13-6-7-14(17)15(9-13)19-10-11-4-3-5-12(16)8-11/h3-9H,2,10,17H2,1H3. The number of rotatable bonds is 5. The molecule has 0 aliphatic carbocycles. The first kappa shape index (κ1) is 13.7. The van der Waals surface area contributed by atoms with E-state index in [0.29, 0.717) is 18.0 Å². The van der Waals surface area contributed by atoms with Crippen molar-refractivity contribution in [2.24, 2.45) is 0 Å². The van der Waals surface area contributed by atoms with E-state index in [1.807, 2.05) is 31.2 Å². The molecule has 2 N–H and O–H groups in total. The van der Waals surface area contributed by atoms with Gasteiger partial charge in [-0.25, -0.2) is 4.39 Å². The normalized spacial score (nSPS) is 10.4. The highest BCUT2D eigenvalue weighted by Gasteiger charge is 2.04. The molecular formula is C15H16FNOS. The third-order valence-corrected chi connectivity index (χ3v) is 3.72. The Labute approximate surface area is 116 Å². The molecule has 0 saturated carbocycles. The first-order valence-electron chi connectivity index (χ1n) is 6.08. The highest BCUT2D eigenvalue weighted by atomic mass is 32.2. The Morgan fingerprint density at radius 1 is 1.21 bits per heavy atom. The van der Waals surface area contributed by atoms with Crippen LogP contribution in [0.2, 0.25) is 0 Å². The summed E-state index contributed by atoms with van der Waals surface area (Å²) in [4.78, 5) is 0.954. The number of hydrogen-bond acceptors (Lipinski definition) is 3. The first-order valence-corrected chi connectivity index (χ1v) is 7.07. The topological polar surface area (TPSA) is 35.2 Å². The molecule has 0 spiro atoms. The third-order valence-electron chi connectivity index (χ3n) is 2.58. The summed E-state index contributed by atoms with van der Waals surface area (Å²) in [6.45, 7) is 2.56. The lowest BCUT2D eigenvalue weighted by Crippen LogP contribution is -1.94. The van der Waals surface area contributed by atoms with Crippen LogP contribution in [0.15, 0.2) is 47.4 Å². The minimum atomic E-state index is -0.214. The van der Waals surface area contributed by atoms with Crippen LogP contribution in [-0.2, 0) is 5.75 Å². The van der Waals surface area contributed by atoms with Crippen molar-refractivity contribution in [1.29, 1.82) is 0 Å². The highest BCUT2D eigenvalue weighted by Crippen LogP contribution is 2.31. The van der Waals surface area contributed by atoms with Gasteiger partial charge >= 0.3 is 0 Å². The monoisotopic (exact) mass is 277 g/mol. The van der Waals surface area contributed by atoms with Crippen LogP contribution in [0.3, 0.4) is 0 Å². The number of ether oxygens (including phenoxy) is 1. The van der Waals surface area contributed by atoms with Gasteiger partial charge in [-0.3, -0.25) is 0 Å². The summed E-state index contributed by atoms with van der Waals surface area (Å²) in [5.41, 5.74) is 7.58. The number of hydrogen-bond donors (Lipinski definition) is 1. The number of thioether (sulfide) groups is 1. The smallest absolute Gasteiger partial charge is 0.123 e. The number of nitrogens with two attached hydrogens (primary N) is 1. The van der Waals surface area contributed by atoms with Gasteiger partial charge in [-0.05, 0) is 42.8 Å². The van der Waals surface area contributed by atoms with Gasteiger partial charge in [0.15, 0.2) is 0 Å². The van der Waals surface area contributed by atoms with E-state index in [2.05, 4.69) is 0 Å². The lowest BCUT2D eigenvalue weighted by atomic mass is 10.2. The van der Waals surface area contributed by atoms with Crippen molar-refractivity contribution < 1.29 is 9.13 Å². The molecule has 0 saturated heterocycles. The zero-order chi connectivity index (χ0) is 13.7. The third kappa shape index (κ3) is 3.89. The van der Waals surface area contributed by atoms with Crippen LogP contribution in [-0.4, -0.2) is 6.61 Å². The van der Waals surface area contributed by atoms with Crippen molar-refractivity contribution in [3.63, 3.8) is 0 Å². The Balaban J connectivity index is 2.08. The van der Waals surface area contributed by atoms with Crippen LogP contribution < -0.4 is 10.5 Å². The lowest BCUT2D eigenvalue weighted by Gasteiger charge is -2.09. The summed E-state index contributed by atoms with van der Waals surface area (Å²) >= 11 is 1.58. The molecule has 0 unspecified atom stereocenters. The second kappa shape index (κ2) is 6.48. The van der Waals surface area contributed by atoms with Gasteiger partial charge in [0.05, 0.1) is 6.61 Å². The molecule has 2 aromatic rings. The van der Waals surface area contributed by atoms with Crippen LogP contribution >= 0.6 is 11.8 Å². The van der Waals surface area contributed by atoms with E-state index < -0.39 is 0 Å². The van der Waals surface area contributed by atoms with E-state index in [9.17, 15) is 4.39 Å². The van der Waals surface area contributed by atoms with Gasteiger partial charge in [0, 0.05) is 16.3 Å². The second-order valence-corrected chi connectivity index (χ2v) is 5.07. The zero-order valence-electron chi connectivity index (χ0n) is 10.7. The number of benzene rings is 2. The Morgan fingerprint density at radius 2 is 2.05 bits per heavy atom. The fraction of sp³-hybridized carbons (Fsp3) is 0.200. The van der Waals surface area contributed by atoms with Crippen LogP contribution in [0, 0.1) is 5.82 Å². The predicted octanol–water partition coefficient (Wildman–Crippen LogP) is 4.10. The molecular weight excluding hydrogens is 261 g/mol. The molecule has 0 heterocycles. The molecule has 2 nitrogen and oxygen atoms in total. The largest absolute Gasteiger partial charge is 0.494 e. The van der Waals surface area contributed by atoms with Gasteiger partial charge in [0.2, 0.25) is 0 Å². The fourth-order valence-corrected chi connectivity index (χ4v) is 2.62. The summed E-state index contributed by atoms with van der Waals surface area (Å²) in [6, 6.07) is 12.2. The summed E-state index contributed by atoms with van der Waals surface area (Å²) < 4.78 is 18.5. The molecule has 0 aliphatic rings. The van der Waals surface area contributed by atoms with Crippen molar-refractivity contribution in [3.05, 3.63) is 53.8 Å². The van der Waals surface area contributed by atoms with Crippen molar-refractivity contribution in [1.82, 2.24) is 0 Å². The minimum Gasteiger partial charge on any atom is -0.494 e. The molecule has 0 bridgehead atoms. The Bertz CT molecular complexity index is 560. The van der Waals surface area contributed by atoms with Gasteiger partial charge in [-0.1, -0.05) is 12.1 Å².